The van der Waals surface area contributed by atoms with Crippen molar-refractivity contribution in [1.29, 1.82) is 0 Å². The zero-order chi connectivity index (χ0) is 18.4. The zero-order valence-electron chi connectivity index (χ0n) is 14.5. The maximum absolute atomic E-state index is 11.4. The van der Waals surface area contributed by atoms with E-state index in [4.69, 9.17) is 9.15 Å². The zero-order valence-corrected chi connectivity index (χ0v) is 15.4. The number of esters is 1. The highest BCUT2D eigenvalue weighted by atomic mass is 32.2. The Balaban J connectivity index is 1.78. The Hall–Kier alpha value is -2.74. The molecule has 3 aromatic rings. The molecule has 0 saturated heterocycles. The number of ether oxygens (including phenoxy) is 2. The number of nitrogens with zero attached hydrogens (tertiary/aromatic N) is 3. The van der Waals surface area contributed by atoms with Gasteiger partial charge in [0.25, 0.3) is 0 Å². The van der Waals surface area contributed by atoms with Crippen molar-refractivity contribution in [3.8, 4) is 5.75 Å². The first-order chi connectivity index (χ1) is 12.7. The van der Waals surface area contributed by atoms with E-state index in [-0.39, 0.29) is 18.3 Å². The molecule has 0 spiro atoms. The van der Waals surface area contributed by atoms with Crippen molar-refractivity contribution in [3.05, 3.63) is 59.8 Å². The smallest absolute Gasteiger partial charge is 0.316 e. The molecule has 2 heterocycles. The van der Waals surface area contributed by atoms with Crippen LogP contribution in [0.15, 0.2) is 52.2 Å². The largest absolute Gasteiger partial charge is 0.485 e. The van der Waals surface area contributed by atoms with Crippen LogP contribution in [0.25, 0.3) is 0 Å². The molecule has 0 aliphatic rings. The molecule has 0 amide bonds. The fourth-order valence-electron chi connectivity index (χ4n) is 2.29. The number of thioether (sulfide) groups is 1. The van der Waals surface area contributed by atoms with Crippen LogP contribution in [-0.2, 0) is 22.7 Å². The summed E-state index contributed by atoms with van der Waals surface area (Å²) in [6, 6.07) is 11.5. The van der Waals surface area contributed by atoms with Gasteiger partial charge in [-0.05, 0) is 30.7 Å². The number of rotatable bonds is 8. The van der Waals surface area contributed by atoms with Crippen molar-refractivity contribution in [3.63, 3.8) is 0 Å². The monoisotopic (exact) mass is 373 g/mol. The van der Waals surface area contributed by atoms with Crippen molar-refractivity contribution < 1.29 is 18.7 Å². The molecule has 0 bridgehead atoms. The minimum atomic E-state index is -0.319. The molecule has 1 aromatic carbocycles. The molecule has 0 aliphatic heterocycles. The molecule has 136 valence electrons. The first-order valence-corrected chi connectivity index (χ1v) is 8.98. The lowest BCUT2D eigenvalue weighted by Crippen LogP contribution is -2.10. The third-order valence-corrected chi connectivity index (χ3v) is 4.62. The second-order valence-corrected chi connectivity index (χ2v) is 6.43. The van der Waals surface area contributed by atoms with Crippen LogP contribution in [0.1, 0.15) is 17.1 Å². The number of hydrogen-bond acceptors (Lipinski definition) is 7. The number of furan rings is 1. The van der Waals surface area contributed by atoms with Crippen LogP contribution in [0.3, 0.4) is 0 Å². The first-order valence-electron chi connectivity index (χ1n) is 8.00. The molecular weight excluding hydrogens is 354 g/mol. The van der Waals surface area contributed by atoms with Crippen molar-refractivity contribution in [2.45, 2.75) is 25.2 Å². The summed E-state index contributed by atoms with van der Waals surface area (Å²) in [5, 5.41) is 9.01. The van der Waals surface area contributed by atoms with Crippen LogP contribution in [0.4, 0.5) is 0 Å². The van der Waals surface area contributed by atoms with Gasteiger partial charge in [0.1, 0.15) is 18.1 Å². The van der Waals surface area contributed by atoms with Crippen molar-refractivity contribution in [1.82, 2.24) is 14.8 Å². The average Bonchev–Trinajstić information content (AvgIpc) is 3.30. The molecule has 2 aromatic heterocycles. The molecule has 0 atom stereocenters. The summed E-state index contributed by atoms with van der Waals surface area (Å²) in [5.41, 5.74) is 1.05. The first kappa shape index (κ1) is 18.1. The van der Waals surface area contributed by atoms with Gasteiger partial charge in [0.05, 0.1) is 25.7 Å². The topological polar surface area (TPSA) is 79.4 Å². The Kier molecular flexibility index (Phi) is 5.96. The lowest BCUT2D eigenvalue weighted by Gasteiger charge is -2.11. The summed E-state index contributed by atoms with van der Waals surface area (Å²) in [6.45, 7) is 2.70. The standard InChI is InChI=1S/C18H19N3O4S/c1-13-6-3-4-8-15(13)25-11-16-19-20-18(26-12-17(22)23-2)21(16)10-14-7-5-9-24-14/h3-9H,10-12H2,1-2H3. The summed E-state index contributed by atoms with van der Waals surface area (Å²) in [6.07, 6.45) is 1.62. The second kappa shape index (κ2) is 8.57. The minimum Gasteiger partial charge on any atom is -0.485 e. The number of aromatic nitrogens is 3. The third-order valence-electron chi connectivity index (χ3n) is 3.68. The van der Waals surface area contributed by atoms with Crippen molar-refractivity contribution >= 4 is 17.7 Å². The van der Waals surface area contributed by atoms with Crippen molar-refractivity contribution in [2.75, 3.05) is 12.9 Å². The van der Waals surface area contributed by atoms with Gasteiger partial charge in [0.2, 0.25) is 0 Å². The van der Waals surface area contributed by atoms with E-state index in [1.54, 1.807) is 6.26 Å². The number of aryl methyl sites for hydroxylation is 1. The van der Waals surface area contributed by atoms with E-state index in [2.05, 4.69) is 14.9 Å². The van der Waals surface area contributed by atoms with Gasteiger partial charge in [-0.15, -0.1) is 10.2 Å². The van der Waals surface area contributed by atoms with Gasteiger partial charge in [-0.1, -0.05) is 30.0 Å². The van der Waals surface area contributed by atoms with Crippen LogP contribution in [-0.4, -0.2) is 33.6 Å². The van der Waals surface area contributed by atoms with E-state index in [0.29, 0.717) is 17.5 Å². The Morgan fingerprint density at radius 2 is 2.08 bits per heavy atom. The van der Waals surface area contributed by atoms with Gasteiger partial charge in [-0.2, -0.15) is 0 Å². The Labute approximate surface area is 155 Å². The highest BCUT2D eigenvalue weighted by Crippen LogP contribution is 2.22. The molecule has 0 radical (unpaired) electrons. The van der Waals surface area contributed by atoms with Crippen LogP contribution >= 0.6 is 11.8 Å². The molecule has 26 heavy (non-hydrogen) atoms. The number of hydrogen-bond donors (Lipinski definition) is 0. The fraction of sp³-hybridized carbons (Fsp3) is 0.278. The summed E-state index contributed by atoms with van der Waals surface area (Å²) >= 11 is 1.26. The van der Waals surface area contributed by atoms with E-state index in [1.165, 1.54) is 18.9 Å². The molecule has 8 heteroatoms. The predicted octanol–water partition coefficient (Wildman–Crippen LogP) is 3.07. The molecule has 0 saturated carbocycles. The maximum Gasteiger partial charge on any atom is 0.316 e. The quantitative estimate of drug-likeness (QED) is 0.443. The number of para-hydroxylation sites is 1. The summed E-state index contributed by atoms with van der Waals surface area (Å²) in [4.78, 5) is 11.4. The normalized spacial score (nSPS) is 10.7. The Morgan fingerprint density at radius 3 is 2.81 bits per heavy atom. The summed E-state index contributed by atoms with van der Waals surface area (Å²) in [5.74, 6) is 2.05. The molecule has 7 nitrogen and oxygen atoms in total. The van der Waals surface area contributed by atoms with Crippen LogP contribution < -0.4 is 4.74 Å². The number of carbonyl (C=O) groups excluding carboxylic acids is 1. The lowest BCUT2D eigenvalue weighted by molar-refractivity contribution is -0.137. The van der Waals surface area contributed by atoms with Gasteiger partial charge in [-0.3, -0.25) is 9.36 Å². The van der Waals surface area contributed by atoms with Gasteiger partial charge < -0.3 is 13.9 Å². The number of carbonyl (C=O) groups is 1. The van der Waals surface area contributed by atoms with E-state index in [9.17, 15) is 4.79 Å². The highest BCUT2D eigenvalue weighted by molar-refractivity contribution is 7.99. The molecule has 0 aliphatic carbocycles. The number of benzene rings is 1. The van der Waals surface area contributed by atoms with Crippen LogP contribution in [0.5, 0.6) is 5.75 Å². The lowest BCUT2D eigenvalue weighted by atomic mass is 10.2. The van der Waals surface area contributed by atoms with Gasteiger partial charge in [0.15, 0.2) is 11.0 Å². The van der Waals surface area contributed by atoms with E-state index < -0.39 is 0 Å². The Morgan fingerprint density at radius 1 is 1.23 bits per heavy atom. The molecule has 0 fully saturated rings. The highest BCUT2D eigenvalue weighted by Gasteiger charge is 2.16. The molecular formula is C18H19N3O4S. The average molecular weight is 373 g/mol. The van der Waals surface area contributed by atoms with Gasteiger partial charge in [-0.25, -0.2) is 0 Å². The minimum absolute atomic E-state index is 0.158. The van der Waals surface area contributed by atoms with Crippen molar-refractivity contribution in [2.24, 2.45) is 0 Å². The second-order valence-electron chi connectivity index (χ2n) is 5.48. The van der Waals surface area contributed by atoms with E-state index in [0.717, 1.165) is 17.1 Å². The van der Waals surface area contributed by atoms with E-state index in [1.807, 2.05) is 47.9 Å². The predicted molar refractivity (Wildman–Crippen MR) is 96.1 cm³/mol. The van der Waals surface area contributed by atoms with Gasteiger partial charge in [0, 0.05) is 0 Å². The third kappa shape index (κ3) is 4.45. The molecule has 0 unspecified atom stereocenters. The van der Waals surface area contributed by atoms with Crippen LogP contribution in [0.2, 0.25) is 0 Å². The molecule has 3 rings (SSSR count). The summed E-state index contributed by atoms with van der Waals surface area (Å²) in [7, 11) is 1.36. The maximum atomic E-state index is 11.4. The number of methoxy groups -OCH3 is 1. The summed E-state index contributed by atoms with van der Waals surface area (Å²) < 4.78 is 17.9. The molecule has 0 N–H and O–H groups in total. The van der Waals surface area contributed by atoms with Crippen LogP contribution in [0, 0.1) is 6.92 Å². The SMILES string of the molecule is COC(=O)CSc1nnc(COc2ccccc2C)n1Cc1ccco1. The fourth-order valence-corrected chi connectivity index (χ4v) is 3.08. The van der Waals surface area contributed by atoms with Gasteiger partial charge >= 0.3 is 5.97 Å². The Bertz CT molecular complexity index is 861. The van der Waals surface area contributed by atoms with E-state index >= 15 is 0 Å².